The summed E-state index contributed by atoms with van der Waals surface area (Å²) in [6.45, 7) is 7.66. The van der Waals surface area contributed by atoms with Gasteiger partial charge in [-0.1, -0.05) is 84.7 Å². The van der Waals surface area contributed by atoms with Gasteiger partial charge in [-0.25, -0.2) is 0 Å². The first-order valence-electron chi connectivity index (χ1n) is 7.80. The van der Waals surface area contributed by atoms with Crippen LogP contribution < -0.4 is 0 Å². The second kappa shape index (κ2) is 11.6. The van der Waals surface area contributed by atoms with Crippen molar-refractivity contribution in [2.75, 3.05) is 25.4 Å². The summed E-state index contributed by atoms with van der Waals surface area (Å²) < 4.78 is 0. The van der Waals surface area contributed by atoms with E-state index in [2.05, 4.69) is 18.7 Å². The van der Waals surface area contributed by atoms with Crippen molar-refractivity contribution in [1.29, 1.82) is 0 Å². The first kappa shape index (κ1) is 22.0. The highest BCUT2D eigenvalue weighted by atomic mass is 35.5. The number of hydrogen-bond acceptors (Lipinski definition) is 2. The van der Waals surface area contributed by atoms with Crippen molar-refractivity contribution in [1.82, 2.24) is 4.90 Å². The van der Waals surface area contributed by atoms with Crippen LogP contribution in [0.2, 0.25) is 25.1 Å². The Morgan fingerprint density at radius 3 is 1.57 bits per heavy atom. The summed E-state index contributed by atoms with van der Waals surface area (Å²) in [5, 5.41) is 1.49. The van der Waals surface area contributed by atoms with Crippen molar-refractivity contribution >= 4 is 69.8 Å². The Bertz CT molecular complexity index is 473. The van der Waals surface area contributed by atoms with Crippen LogP contribution in [0.4, 0.5) is 0 Å². The highest BCUT2D eigenvalue weighted by Gasteiger charge is 2.19. The highest BCUT2D eigenvalue weighted by molar-refractivity contribution is 7.99. The monoisotopic (exact) mass is 435 g/mol. The molecule has 0 atom stereocenters. The SMILES string of the molecule is CCCCN(CCCC)CCSc1c(Cl)c(Cl)c(Cl)c(Cl)c1Cl. The minimum absolute atomic E-state index is 0.209. The van der Waals surface area contributed by atoms with Gasteiger partial charge in [0.2, 0.25) is 0 Å². The lowest BCUT2D eigenvalue weighted by atomic mass is 10.2. The smallest absolute Gasteiger partial charge is 0.0809 e. The molecule has 1 aromatic carbocycles. The Hall–Kier alpha value is 0.980. The summed E-state index contributed by atoms with van der Waals surface area (Å²) in [6, 6.07) is 0. The molecule has 0 saturated heterocycles. The maximum absolute atomic E-state index is 6.26. The summed E-state index contributed by atoms with van der Waals surface area (Å²) in [7, 11) is 0. The van der Waals surface area contributed by atoms with Crippen molar-refractivity contribution < 1.29 is 0 Å². The molecule has 1 rings (SSSR count). The van der Waals surface area contributed by atoms with Crippen LogP contribution in [0, 0.1) is 0 Å². The normalized spacial score (nSPS) is 11.5. The van der Waals surface area contributed by atoms with E-state index in [0.29, 0.717) is 14.9 Å². The van der Waals surface area contributed by atoms with Crippen molar-refractivity contribution in [2.45, 2.75) is 44.4 Å². The third-order valence-electron chi connectivity index (χ3n) is 3.48. The lowest BCUT2D eigenvalue weighted by Crippen LogP contribution is -2.28. The van der Waals surface area contributed by atoms with E-state index >= 15 is 0 Å². The van der Waals surface area contributed by atoms with Crippen LogP contribution >= 0.6 is 69.8 Å². The van der Waals surface area contributed by atoms with E-state index in [1.807, 2.05) is 0 Å². The molecule has 0 aliphatic heterocycles. The van der Waals surface area contributed by atoms with Crippen molar-refractivity contribution in [2.24, 2.45) is 0 Å². The van der Waals surface area contributed by atoms with Crippen LogP contribution in [-0.4, -0.2) is 30.3 Å². The van der Waals surface area contributed by atoms with Crippen LogP contribution in [-0.2, 0) is 0 Å². The molecule has 0 bridgehead atoms. The first-order valence-corrected chi connectivity index (χ1v) is 10.7. The molecule has 0 saturated carbocycles. The van der Waals surface area contributed by atoms with E-state index < -0.39 is 0 Å². The standard InChI is InChI=1S/C16H22Cl5NS/c1-3-5-7-22(8-6-4-2)9-10-23-16-14(20)12(18)11(17)13(19)15(16)21/h3-10H2,1-2H3. The summed E-state index contributed by atoms with van der Waals surface area (Å²) in [4.78, 5) is 3.19. The van der Waals surface area contributed by atoms with Gasteiger partial charge in [0, 0.05) is 17.2 Å². The fraction of sp³-hybridized carbons (Fsp3) is 0.625. The number of thioether (sulfide) groups is 1. The topological polar surface area (TPSA) is 3.24 Å². The van der Waals surface area contributed by atoms with Gasteiger partial charge in [-0.3, -0.25) is 0 Å². The van der Waals surface area contributed by atoms with Crippen LogP contribution in [0.5, 0.6) is 0 Å². The molecule has 132 valence electrons. The maximum Gasteiger partial charge on any atom is 0.0809 e. The van der Waals surface area contributed by atoms with Gasteiger partial charge in [-0.15, -0.1) is 11.8 Å². The Morgan fingerprint density at radius 2 is 1.13 bits per heavy atom. The van der Waals surface area contributed by atoms with E-state index in [4.69, 9.17) is 58.0 Å². The molecule has 0 aromatic heterocycles. The average Bonchev–Trinajstić information content (AvgIpc) is 2.56. The number of hydrogen-bond donors (Lipinski definition) is 0. The predicted molar refractivity (Wildman–Crippen MR) is 108 cm³/mol. The molecule has 0 aliphatic rings. The second-order valence-electron chi connectivity index (χ2n) is 5.30. The average molecular weight is 438 g/mol. The van der Waals surface area contributed by atoms with Gasteiger partial charge in [0.25, 0.3) is 0 Å². The molecule has 7 heteroatoms. The molecule has 0 aliphatic carbocycles. The largest absolute Gasteiger partial charge is 0.303 e. The zero-order valence-corrected chi connectivity index (χ0v) is 18.0. The maximum atomic E-state index is 6.26. The highest BCUT2D eigenvalue weighted by Crippen LogP contribution is 2.47. The second-order valence-corrected chi connectivity index (χ2v) is 8.29. The van der Waals surface area contributed by atoms with Gasteiger partial charge in [0.1, 0.15) is 0 Å². The van der Waals surface area contributed by atoms with Gasteiger partial charge >= 0.3 is 0 Å². The lowest BCUT2D eigenvalue weighted by Gasteiger charge is -2.22. The molecule has 1 aromatic rings. The third kappa shape index (κ3) is 6.66. The van der Waals surface area contributed by atoms with Crippen LogP contribution in [0.15, 0.2) is 4.90 Å². The first-order chi connectivity index (χ1) is 10.9. The molecule has 0 fully saturated rings. The molecule has 0 spiro atoms. The molecule has 0 radical (unpaired) electrons. The molecular formula is C16H22Cl5NS. The van der Waals surface area contributed by atoms with Gasteiger partial charge in [-0.2, -0.15) is 0 Å². The summed E-state index contributed by atoms with van der Waals surface area (Å²) in [5.74, 6) is 0.876. The quantitative estimate of drug-likeness (QED) is 0.207. The summed E-state index contributed by atoms with van der Waals surface area (Å²) >= 11 is 32.3. The third-order valence-corrected chi connectivity index (χ3v) is 7.06. The molecule has 0 unspecified atom stereocenters. The number of unbranched alkanes of at least 4 members (excludes halogenated alkanes) is 2. The van der Waals surface area contributed by atoms with Gasteiger partial charge in [0.15, 0.2) is 0 Å². The lowest BCUT2D eigenvalue weighted by molar-refractivity contribution is 0.281. The fourth-order valence-electron chi connectivity index (χ4n) is 2.09. The van der Waals surface area contributed by atoms with Crippen molar-refractivity contribution in [3.8, 4) is 0 Å². The summed E-state index contributed by atoms with van der Waals surface area (Å²) in [6.07, 6.45) is 4.84. The number of benzene rings is 1. The zero-order chi connectivity index (χ0) is 17.4. The van der Waals surface area contributed by atoms with Crippen LogP contribution in [0.3, 0.4) is 0 Å². The van der Waals surface area contributed by atoms with E-state index in [0.717, 1.165) is 25.4 Å². The number of halogens is 5. The van der Waals surface area contributed by atoms with Crippen LogP contribution in [0.1, 0.15) is 39.5 Å². The zero-order valence-electron chi connectivity index (χ0n) is 13.4. The van der Waals surface area contributed by atoms with Gasteiger partial charge < -0.3 is 4.90 Å². The Kier molecular flexibility index (Phi) is 11.1. The fourth-order valence-corrected chi connectivity index (χ4v) is 4.68. The number of nitrogens with zero attached hydrogens (tertiary/aromatic N) is 1. The minimum Gasteiger partial charge on any atom is -0.303 e. The Morgan fingerprint density at radius 1 is 0.696 bits per heavy atom. The van der Waals surface area contributed by atoms with E-state index in [-0.39, 0.29) is 15.1 Å². The van der Waals surface area contributed by atoms with Gasteiger partial charge in [-0.05, 0) is 25.9 Å². The molecule has 1 nitrogen and oxygen atoms in total. The molecule has 23 heavy (non-hydrogen) atoms. The van der Waals surface area contributed by atoms with Crippen molar-refractivity contribution in [3.63, 3.8) is 0 Å². The predicted octanol–water partition coefficient (Wildman–Crippen LogP) is 7.95. The van der Waals surface area contributed by atoms with Gasteiger partial charge in [0.05, 0.1) is 25.1 Å². The van der Waals surface area contributed by atoms with E-state index in [9.17, 15) is 0 Å². The minimum atomic E-state index is 0.209. The summed E-state index contributed by atoms with van der Waals surface area (Å²) in [5.41, 5.74) is 0. The van der Waals surface area contributed by atoms with E-state index in [1.165, 1.54) is 25.7 Å². The van der Waals surface area contributed by atoms with Crippen molar-refractivity contribution in [3.05, 3.63) is 25.1 Å². The van der Waals surface area contributed by atoms with Crippen LogP contribution in [0.25, 0.3) is 0 Å². The molecule has 0 amide bonds. The Balaban J connectivity index is 2.69. The molecule has 0 N–H and O–H groups in total. The molecule has 0 heterocycles. The van der Waals surface area contributed by atoms with E-state index in [1.54, 1.807) is 11.8 Å². The molecular weight excluding hydrogens is 416 g/mol. The Labute approximate surface area is 168 Å². The number of rotatable bonds is 10.